The summed E-state index contributed by atoms with van der Waals surface area (Å²) in [5.74, 6) is -0.129. The van der Waals surface area contributed by atoms with Crippen molar-refractivity contribution in [1.82, 2.24) is 5.32 Å². The van der Waals surface area contributed by atoms with Crippen molar-refractivity contribution in [3.63, 3.8) is 0 Å². The summed E-state index contributed by atoms with van der Waals surface area (Å²) >= 11 is 0. The molecule has 0 aromatic heterocycles. The molecule has 1 rings (SSSR count). The van der Waals surface area contributed by atoms with E-state index in [4.69, 9.17) is 0 Å². The number of sulfonamides is 1. The van der Waals surface area contributed by atoms with E-state index in [2.05, 4.69) is 15.4 Å². The van der Waals surface area contributed by atoms with E-state index in [0.29, 0.717) is 11.4 Å². The Hall–Kier alpha value is -1.60. The maximum absolute atomic E-state index is 11.7. The van der Waals surface area contributed by atoms with E-state index < -0.39 is 10.0 Å². The maximum atomic E-state index is 11.7. The maximum Gasteiger partial charge on any atom is 0.238 e. The predicted octanol–water partition coefficient (Wildman–Crippen LogP) is 1.77. The van der Waals surface area contributed by atoms with Crippen LogP contribution in [0.15, 0.2) is 24.3 Å². The zero-order valence-electron chi connectivity index (χ0n) is 12.9. The number of carbonyl (C=O) groups excluding carboxylic acids is 1. The normalized spacial score (nSPS) is 12.0. The van der Waals surface area contributed by atoms with E-state index in [0.717, 1.165) is 0 Å². The van der Waals surface area contributed by atoms with Gasteiger partial charge in [-0.3, -0.25) is 9.52 Å². The topological polar surface area (TPSA) is 87.3 Å². The van der Waals surface area contributed by atoms with E-state index in [1.165, 1.54) is 0 Å². The Morgan fingerprint density at radius 3 is 2.10 bits per heavy atom. The van der Waals surface area contributed by atoms with Gasteiger partial charge in [-0.2, -0.15) is 0 Å². The second-order valence-electron chi connectivity index (χ2n) is 5.73. The molecule has 6 nitrogen and oxygen atoms in total. The lowest BCUT2D eigenvalue weighted by molar-refractivity contribution is -0.115. The molecule has 118 valence electrons. The van der Waals surface area contributed by atoms with Crippen molar-refractivity contribution in [1.29, 1.82) is 0 Å². The first-order chi connectivity index (χ1) is 9.61. The van der Waals surface area contributed by atoms with Crippen LogP contribution < -0.4 is 15.4 Å². The molecular formula is C14H23N3O3S. The van der Waals surface area contributed by atoms with Gasteiger partial charge in [0.25, 0.3) is 0 Å². The highest BCUT2D eigenvalue weighted by atomic mass is 32.2. The first-order valence-electron chi connectivity index (χ1n) is 6.77. The van der Waals surface area contributed by atoms with Gasteiger partial charge >= 0.3 is 0 Å². The monoisotopic (exact) mass is 313 g/mol. The van der Waals surface area contributed by atoms with E-state index >= 15 is 0 Å². The lowest BCUT2D eigenvalue weighted by Gasteiger charge is -2.20. The largest absolute Gasteiger partial charge is 0.325 e. The van der Waals surface area contributed by atoms with Gasteiger partial charge in [-0.05, 0) is 52.0 Å². The van der Waals surface area contributed by atoms with Crippen LogP contribution in [0.25, 0.3) is 0 Å². The van der Waals surface area contributed by atoms with Gasteiger partial charge in [-0.1, -0.05) is 0 Å². The van der Waals surface area contributed by atoms with Crippen LogP contribution in [0, 0.1) is 0 Å². The number of carbonyl (C=O) groups is 1. The van der Waals surface area contributed by atoms with Gasteiger partial charge in [-0.25, -0.2) is 8.42 Å². The molecule has 1 amide bonds. The van der Waals surface area contributed by atoms with Gasteiger partial charge in [-0.15, -0.1) is 0 Å². The van der Waals surface area contributed by atoms with Gasteiger partial charge in [0.1, 0.15) is 0 Å². The third-order valence-corrected chi connectivity index (χ3v) is 3.91. The average Bonchev–Trinajstić information content (AvgIpc) is 2.38. The van der Waals surface area contributed by atoms with Gasteiger partial charge in [0.15, 0.2) is 0 Å². The standard InChI is InChI=1S/C14H23N3O3S/c1-5-21(19,20)17-12-8-6-11(7-9-12)16-13(18)10-15-14(2,3)4/h6-9,15,17H,5,10H2,1-4H3,(H,16,18). The zero-order chi connectivity index (χ0) is 16.1. The highest BCUT2D eigenvalue weighted by Gasteiger charge is 2.11. The quantitative estimate of drug-likeness (QED) is 0.747. The van der Waals surface area contributed by atoms with Crippen LogP contribution in [0.1, 0.15) is 27.7 Å². The van der Waals surface area contributed by atoms with Gasteiger partial charge in [0, 0.05) is 16.9 Å². The summed E-state index contributed by atoms with van der Waals surface area (Å²) < 4.78 is 25.3. The molecule has 7 heteroatoms. The number of nitrogens with one attached hydrogen (secondary N) is 3. The van der Waals surface area contributed by atoms with Crippen molar-refractivity contribution in [2.75, 3.05) is 22.3 Å². The fraction of sp³-hybridized carbons (Fsp3) is 0.500. The third-order valence-electron chi connectivity index (χ3n) is 2.60. The fourth-order valence-electron chi connectivity index (χ4n) is 1.42. The molecule has 21 heavy (non-hydrogen) atoms. The van der Waals surface area contributed by atoms with Crippen molar-refractivity contribution >= 4 is 27.3 Å². The average molecular weight is 313 g/mol. The van der Waals surface area contributed by atoms with Crippen LogP contribution in [0.2, 0.25) is 0 Å². The molecule has 0 spiro atoms. The van der Waals surface area contributed by atoms with Crippen molar-refractivity contribution in [2.24, 2.45) is 0 Å². The van der Waals surface area contributed by atoms with E-state index in [-0.39, 0.29) is 23.7 Å². The number of hydrogen-bond acceptors (Lipinski definition) is 4. The Morgan fingerprint density at radius 1 is 1.10 bits per heavy atom. The highest BCUT2D eigenvalue weighted by Crippen LogP contribution is 2.14. The minimum absolute atomic E-state index is 0.0178. The van der Waals surface area contributed by atoms with Crippen LogP contribution in [0.3, 0.4) is 0 Å². The van der Waals surface area contributed by atoms with Crippen LogP contribution in [0.5, 0.6) is 0 Å². The van der Waals surface area contributed by atoms with Crippen LogP contribution in [-0.2, 0) is 14.8 Å². The second kappa shape index (κ2) is 6.91. The first kappa shape index (κ1) is 17.5. The minimum Gasteiger partial charge on any atom is -0.325 e. The number of anilines is 2. The predicted molar refractivity (Wildman–Crippen MR) is 85.9 cm³/mol. The molecule has 0 saturated carbocycles. The Balaban J connectivity index is 2.57. The summed E-state index contributed by atoms with van der Waals surface area (Å²) in [5, 5.41) is 5.83. The molecule has 0 saturated heterocycles. The summed E-state index contributed by atoms with van der Waals surface area (Å²) in [6, 6.07) is 6.53. The molecule has 0 atom stereocenters. The van der Waals surface area contributed by atoms with Crippen molar-refractivity contribution in [3.8, 4) is 0 Å². The van der Waals surface area contributed by atoms with E-state index in [9.17, 15) is 13.2 Å². The van der Waals surface area contributed by atoms with Crippen LogP contribution in [-0.4, -0.2) is 32.2 Å². The molecule has 3 N–H and O–H groups in total. The van der Waals surface area contributed by atoms with Gasteiger partial charge < -0.3 is 10.6 Å². The Bertz CT molecular complexity index is 574. The molecule has 0 heterocycles. The van der Waals surface area contributed by atoms with Crippen molar-refractivity contribution in [3.05, 3.63) is 24.3 Å². The summed E-state index contributed by atoms with van der Waals surface area (Å²) in [5.41, 5.74) is 0.970. The Kier molecular flexibility index (Phi) is 5.74. The second-order valence-corrected chi connectivity index (χ2v) is 7.75. The number of benzene rings is 1. The fourth-order valence-corrected chi connectivity index (χ4v) is 2.06. The molecule has 1 aromatic carbocycles. The smallest absolute Gasteiger partial charge is 0.238 e. The molecule has 0 radical (unpaired) electrons. The summed E-state index contributed by atoms with van der Waals surface area (Å²) in [6.07, 6.45) is 0. The molecule has 0 aliphatic heterocycles. The van der Waals surface area contributed by atoms with Crippen molar-refractivity contribution in [2.45, 2.75) is 33.2 Å². The summed E-state index contributed by atoms with van der Waals surface area (Å²) in [6.45, 7) is 7.73. The summed E-state index contributed by atoms with van der Waals surface area (Å²) in [7, 11) is -3.28. The van der Waals surface area contributed by atoms with Crippen LogP contribution >= 0.6 is 0 Å². The minimum atomic E-state index is -3.28. The zero-order valence-corrected chi connectivity index (χ0v) is 13.7. The van der Waals surface area contributed by atoms with Gasteiger partial charge in [0.2, 0.25) is 15.9 Å². The highest BCUT2D eigenvalue weighted by molar-refractivity contribution is 7.92. The molecule has 0 fully saturated rings. The van der Waals surface area contributed by atoms with Crippen LogP contribution in [0.4, 0.5) is 11.4 Å². The molecule has 0 unspecified atom stereocenters. The SMILES string of the molecule is CCS(=O)(=O)Nc1ccc(NC(=O)CNC(C)(C)C)cc1. The molecule has 0 aliphatic carbocycles. The summed E-state index contributed by atoms with van der Waals surface area (Å²) in [4.78, 5) is 11.7. The molecule has 0 aliphatic rings. The lowest BCUT2D eigenvalue weighted by atomic mass is 10.1. The number of hydrogen-bond donors (Lipinski definition) is 3. The molecule has 1 aromatic rings. The Morgan fingerprint density at radius 2 is 1.62 bits per heavy atom. The molecule has 0 bridgehead atoms. The first-order valence-corrected chi connectivity index (χ1v) is 8.42. The van der Waals surface area contributed by atoms with E-state index in [1.807, 2.05) is 20.8 Å². The van der Waals surface area contributed by atoms with Crippen molar-refractivity contribution < 1.29 is 13.2 Å². The lowest BCUT2D eigenvalue weighted by Crippen LogP contribution is -2.41. The molecular weight excluding hydrogens is 290 g/mol. The number of rotatable bonds is 6. The Labute approximate surface area is 126 Å². The van der Waals surface area contributed by atoms with E-state index in [1.54, 1.807) is 31.2 Å². The number of amides is 1. The third kappa shape index (κ3) is 7.10. The van der Waals surface area contributed by atoms with Gasteiger partial charge in [0.05, 0.1) is 12.3 Å².